The second-order valence-corrected chi connectivity index (χ2v) is 3.10. The Morgan fingerprint density at radius 2 is 2.36 bits per heavy atom. The molecule has 1 unspecified atom stereocenters. The summed E-state index contributed by atoms with van der Waals surface area (Å²) in [6.45, 7) is 4.35. The highest BCUT2D eigenvalue weighted by atomic mass is 16.5. The highest BCUT2D eigenvalue weighted by Gasteiger charge is 2.02. The van der Waals surface area contributed by atoms with Crippen LogP contribution in [0.25, 0.3) is 0 Å². The number of ether oxygens (including phenoxy) is 1. The van der Waals surface area contributed by atoms with Gasteiger partial charge in [0.05, 0.1) is 7.11 Å². The number of esters is 1. The zero-order valence-corrected chi connectivity index (χ0v) is 8.96. The van der Waals surface area contributed by atoms with Crippen molar-refractivity contribution in [2.45, 2.75) is 26.3 Å². The summed E-state index contributed by atoms with van der Waals surface area (Å²) in [5.74, 6) is 2.27. The van der Waals surface area contributed by atoms with E-state index in [9.17, 15) is 4.79 Å². The molecule has 0 saturated heterocycles. The lowest BCUT2D eigenvalue weighted by molar-refractivity contribution is -0.136. The maximum absolute atomic E-state index is 11.0. The minimum atomic E-state index is -0.295. The summed E-state index contributed by atoms with van der Waals surface area (Å²) in [4.78, 5) is 11.0. The van der Waals surface area contributed by atoms with Crippen LogP contribution in [-0.2, 0) is 9.53 Å². The first-order valence-corrected chi connectivity index (χ1v) is 4.53. The normalized spacial score (nSPS) is 13.1. The van der Waals surface area contributed by atoms with E-state index in [1.807, 2.05) is 6.92 Å². The number of terminal acetylenes is 1. The van der Waals surface area contributed by atoms with E-state index in [2.05, 4.69) is 16.0 Å². The molecule has 0 saturated carbocycles. The number of nitrogens with one attached hydrogen (secondary N) is 1. The number of methoxy groups -OCH3 is 1. The van der Waals surface area contributed by atoms with Crippen molar-refractivity contribution in [3.8, 4) is 12.3 Å². The highest BCUT2D eigenvalue weighted by Crippen LogP contribution is 1.94. The van der Waals surface area contributed by atoms with Gasteiger partial charge in [-0.25, -0.2) is 4.79 Å². The standard InChI is InChI=1S/C11H17NO2/c1-5-6-10(3)12-8-7-9(2)11(13)14-4/h1,7,10,12H,6,8H2,2-4H3. The summed E-state index contributed by atoms with van der Waals surface area (Å²) < 4.78 is 4.55. The first-order chi connectivity index (χ1) is 6.61. The smallest absolute Gasteiger partial charge is 0.333 e. The van der Waals surface area contributed by atoms with Crippen LogP contribution in [-0.4, -0.2) is 25.7 Å². The fourth-order valence-electron chi connectivity index (χ4n) is 0.906. The summed E-state index contributed by atoms with van der Waals surface area (Å²) in [6.07, 6.45) is 7.63. The topological polar surface area (TPSA) is 38.3 Å². The van der Waals surface area contributed by atoms with E-state index in [1.165, 1.54) is 7.11 Å². The Bertz CT molecular complexity index is 251. The van der Waals surface area contributed by atoms with E-state index in [4.69, 9.17) is 6.42 Å². The largest absolute Gasteiger partial charge is 0.466 e. The van der Waals surface area contributed by atoms with Gasteiger partial charge in [-0.15, -0.1) is 12.3 Å². The molecule has 0 spiro atoms. The number of rotatable bonds is 5. The molecule has 78 valence electrons. The molecule has 14 heavy (non-hydrogen) atoms. The third-order valence-electron chi connectivity index (χ3n) is 1.81. The van der Waals surface area contributed by atoms with Gasteiger partial charge in [-0.3, -0.25) is 0 Å². The molecule has 0 rings (SSSR count). The van der Waals surface area contributed by atoms with Gasteiger partial charge in [-0.1, -0.05) is 6.08 Å². The van der Waals surface area contributed by atoms with E-state index < -0.39 is 0 Å². The Kier molecular flexibility index (Phi) is 6.51. The maximum Gasteiger partial charge on any atom is 0.333 e. The Hall–Kier alpha value is -1.27. The van der Waals surface area contributed by atoms with Crippen LogP contribution in [0.15, 0.2) is 11.6 Å². The van der Waals surface area contributed by atoms with E-state index in [-0.39, 0.29) is 12.0 Å². The van der Waals surface area contributed by atoms with Crippen molar-refractivity contribution < 1.29 is 9.53 Å². The van der Waals surface area contributed by atoms with Gasteiger partial charge < -0.3 is 10.1 Å². The predicted octanol–water partition coefficient (Wildman–Crippen LogP) is 1.11. The molecule has 0 aromatic heterocycles. The first kappa shape index (κ1) is 12.7. The molecule has 3 nitrogen and oxygen atoms in total. The number of carbonyl (C=O) groups excluding carboxylic acids is 1. The van der Waals surface area contributed by atoms with Crippen LogP contribution in [0, 0.1) is 12.3 Å². The van der Waals surface area contributed by atoms with E-state index in [1.54, 1.807) is 13.0 Å². The summed E-state index contributed by atoms with van der Waals surface area (Å²) in [7, 11) is 1.37. The summed E-state index contributed by atoms with van der Waals surface area (Å²) in [5.41, 5.74) is 0.605. The molecular formula is C11H17NO2. The lowest BCUT2D eigenvalue weighted by Gasteiger charge is -2.08. The van der Waals surface area contributed by atoms with Crippen LogP contribution in [0.5, 0.6) is 0 Å². The van der Waals surface area contributed by atoms with Gasteiger partial charge >= 0.3 is 5.97 Å². The fraction of sp³-hybridized carbons (Fsp3) is 0.545. The number of hydrogen-bond acceptors (Lipinski definition) is 3. The zero-order valence-electron chi connectivity index (χ0n) is 8.96. The summed E-state index contributed by atoms with van der Waals surface area (Å²) in [6, 6.07) is 0.265. The summed E-state index contributed by atoms with van der Waals surface area (Å²) >= 11 is 0. The van der Waals surface area contributed by atoms with Crippen LogP contribution in [0.4, 0.5) is 0 Å². The number of hydrogen-bond donors (Lipinski definition) is 1. The van der Waals surface area contributed by atoms with Crippen LogP contribution >= 0.6 is 0 Å². The van der Waals surface area contributed by atoms with Crippen molar-refractivity contribution in [2.24, 2.45) is 0 Å². The molecule has 0 fully saturated rings. The molecule has 0 aromatic carbocycles. The molecule has 1 N–H and O–H groups in total. The fourth-order valence-corrected chi connectivity index (χ4v) is 0.906. The van der Waals surface area contributed by atoms with Crippen molar-refractivity contribution in [1.29, 1.82) is 0 Å². The molecule has 0 bridgehead atoms. The Morgan fingerprint density at radius 1 is 1.71 bits per heavy atom. The first-order valence-electron chi connectivity index (χ1n) is 4.53. The quantitative estimate of drug-likeness (QED) is 0.405. The molecule has 0 aliphatic heterocycles. The van der Waals surface area contributed by atoms with Gasteiger partial charge in [0.15, 0.2) is 0 Å². The van der Waals surface area contributed by atoms with E-state index in [0.717, 1.165) is 0 Å². The summed E-state index contributed by atoms with van der Waals surface area (Å²) in [5, 5.41) is 3.17. The molecule has 0 aromatic rings. The molecule has 0 radical (unpaired) electrons. The van der Waals surface area contributed by atoms with Crippen LogP contribution < -0.4 is 5.32 Å². The SMILES string of the molecule is C#CCC(C)NCC=C(C)C(=O)OC. The molecule has 0 amide bonds. The lowest BCUT2D eigenvalue weighted by Crippen LogP contribution is -2.25. The Labute approximate surface area is 85.5 Å². The van der Waals surface area contributed by atoms with Crippen LogP contribution in [0.1, 0.15) is 20.3 Å². The maximum atomic E-state index is 11.0. The third-order valence-corrected chi connectivity index (χ3v) is 1.81. The molecule has 3 heteroatoms. The van der Waals surface area contributed by atoms with Crippen molar-refractivity contribution in [3.63, 3.8) is 0 Å². The average Bonchev–Trinajstić information content (AvgIpc) is 2.16. The average molecular weight is 195 g/mol. The van der Waals surface area contributed by atoms with Gasteiger partial charge in [-0.2, -0.15) is 0 Å². The molecular weight excluding hydrogens is 178 g/mol. The second-order valence-electron chi connectivity index (χ2n) is 3.10. The van der Waals surface area contributed by atoms with Crippen molar-refractivity contribution in [3.05, 3.63) is 11.6 Å². The predicted molar refractivity (Wildman–Crippen MR) is 56.7 cm³/mol. The number of carbonyl (C=O) groups is 1. The second kappa shape index (κ2) is 7.16. The lowest BCUT2D eigenvalue weighted by atomic mass is 10.2. The third kappa shape index (κ3) is 5.39. The molecule has 0 aliphatic rings. The highest BCUT2D eigenvalue weighted by molar-refractivity contribution is 5.87. The van der Waals surface area contributed by atoms with Crippen molar-refractivity contribution in [1.82, 2.24) is 5.32 Å². The van der Waals surface area contributed by atoms with Crippen LogP contribution in [0.3, 0.4) is 0 Å². The monoisotopic (exact) mass is 195 g/mol. The van der Waals surface area contributed by atoms with E-state index in [0.29, 0.717) is 18.5 Å². The molecule has 0 heterocycles. The molecule has 0 aliphatic carbocycles. The van der Waals surface area contributed by atoms with E-state index >= 15 is 0 Å². The Balaban J connectivity index is 3.82. The van der Waals surface area contributed by atoms with Crippen molar-refractivity contribution >= 4 is 5.97 Å². The van der Waals surface area contributed by atoms with Gasteiger partial charge in [0.25, 0.3) is 0 Å². The molecule has 1 atom stereocenters. The minimum absolute atomic E-state index is 0.265. The zero-order chi connectivity index (χ0) is 11.0. The van der Waals surface area contributed by atoms with Crippen LogP contribution in [0.2, 0.25) is 0 Å². The minimum Gasteiger partial charge on any atom is -0.466 e. The van der Waals surface area contributed by atoms with Gasteiger partial charge in [-0.05, 0) is 13.8 Å². The van der Waals surface area contributed by atoms with Gasteiger partial charge in [0.1, 0.15) is 0 Å². The van der Waals surface area contributed by atoms with Gasteiger partial charge in [0, 0.05) is 24.6 Å². The Morgan fingerprint density at radius 3 is 2.86 bits per heavy atom. The van der Waals surface area contributed by atoms with Crippen molar-refractivity contribution in [2.75, 3.05) is 13.7 Å². The van der Waals surface area contributed by atoms with Gasteiger partial charge in [0.2, 0.25) is 0 Å².